The van der Waals surface area contributed by atoms with Gasteiger partial charge in [-0.05, 0) is 13.8 Å². The Kier molecular flexibility index (Phi) is 6.75. The highest BCUT2D eigenvalue weighted by Crippen LogP contribution is 2.38. The van der Waals surface area contributed by atoms with Crippen LogP contribution in [0.3, 0.4) is 0 Å². The molecule has 2 aliphatic rings. The number of anilines is 2. The summed E-state index contributed by atoms with van der Waals surface area (Å²) in [5, 5.41) is 3.84. The van der Waals surface area contributed by atoms with Gasteiger partial charge in [0.2, 0.25) is 0 Å². The Labute approximate surface area is 181 Å². The lowest BCUT2D eigenvalue weighted by Crippen LogP contribution is -2.61. The normalized spacial score (nSPS) is 18.8. The second-order valence-electron chi connectivity index (χ2n) is 7.33. The Morgan fingerprint density at radius 1 is 1.28 bits per heavy atom. The molecule has 1 N–H and O–H groups in total. The second kappa shape index (κ2) is 9.17. The fourth-order valence-electron chi connectivity index (χ4n) is 3.57. The molecule has 10 nitrogen and oxygen atoms in total. The van der Waals surface area contributed by atoms with Crippen molar-refractivity contribution in [3.05, 3.63) is 16.2 Å². The molecule has 0 spiro atoms. The number of hydrogen-bond donors (Lipinski definition) is 1. The smallest absolute Gasteiger partial charge is 0.327 e. The minimum atomic E-state index is -5.26. The van der Waals surface area contributed by atoms with Crippen molar-refractivity contribution in [1.82, 2.24) is 19.8 Å². The molecule has 0 bridgehead atoms. The number of hydrogen-bond acceptors (Lipinski definition) is 9. The Balaban J connectivity index is 2.19. The summed E-state index contributed by atoms with van der Waals surface area (Å²) in [4.78, 5) is 48.8. The predicted molar refractivity (Wildman–Crippen MR) is 108 cm³/mol. The lowest BCUT2D eigenvalue weighted by molar-refractivity contribution is -0.203. The number of fused-ring (bicyclic) bond motifs is 1. The Morgan fingerprint density at radius 3 is 2.50 bits per heavy atom. The fourth-order valence-corrected chi connectivity index (χ4v) is 3.57. The van der Waals surface area contributed by atoms with E-state index in [-0.39, 0.29) is 36.1 Å². The van der Waals surface area contributed by atoms with Gasteiger partial charge in [0.05, 0.1) is 13.0 Å². The molecule has 3 heterocycles. The van der Waals surface area contributed by atoms with Gasteiger partial charge in [0.15, 0.2) is 17.8 Å². The number of nitrogens with one attached hydrogen (secondary N) is 1. The number of alkyl halides is 3. The summed E-state index contributed by atoms with van der Waals surface area (Å²) >= 11 is 0. The van der Waals surface area contributed by atoms with E-state index in [2.05, 4.69) is 22.1 Å². The van der Waals surface area contributed by atoms with Gasteiger partial charge in [-0.2, -0.15) is 13.2 Å². The number of ketones is 1. The average Bonchev–Trinajstić information content (AvgIpc) is 3.02. The number of Topliss-reactive ketones (excluding diaryl/α,β-unsaturated/α-hetero) is 1. The van der Waals surface area contributed by atoms with Crippen LogP contribution >= 0.6 is 0 Å². The summed E-state index contributed by atoms with van der Waals surface area (Å²) in [6.45, 7) is 4.79. The van der Waals surface area contributed by atoms with E-state index in [1.54, 1.807) is 11.8 Å². The van der Waals surface area contributed by atoms with Crippen molar-refractivity contribution in [3.63, 3.8) is 0 Å². The maximum absolute atomic E-state index is 13.2. The minimum absolute atomic E-state index is 0.0128. The molecule has 1 unspecified atom stereocenters. The Hall–Kier alpha value is -3.11. The molecular formula is C19H23F3N6O4. The molecule has 0 aromatic carbocycles. The summed E-state index contributed by atoms with van der Waals surface area (Å²) in [5.41, 5.74) is -0.643. The van der Waals surface area contributed by atoms with E-state index >= 15 is 0 Å². The average molecular weight is 456 g/mol. The molecule has 174 valence electrons. The first-order valence-corrected chi connectivity index (χ1v) is 9.85. The van der Waals surface area contributed by atoms with Crippen molar-refractivity contribution >= 4 is 23.3 Å². The van der Waals surface area contributed by atoms with Crippen LogP contribution in [0.4, 0.5) is 24.7 Å². The van der Waals surface area contributed by atoms with Crippen LogP contribution in [0.5, 0.6) is 0 Å². The molecule has 13 heteroatoms. The van der Waals surface area contributed by atoms with E-state index in [1.807, 2.05) is 0 Å². The van der Waals surface area contributed by atoms with Gasteiger partial charge in [-0.25, -0.2) is 9.78 Å². The molecule has 1 atom stereocenters. The van der Waals surface area contributed by atoms with E-state index in [0.29, 0.717) is 31.2 Å². The minimum Gasteiger partial charge on any atom is -0.327 e. The zero-order valence-corrected chi connectivity index (χ0v) is 17.8. The first-order valence-electron chi connectivity index (χ1n) is 9.85. The van der Waals surface area contributed by atoms with Crippen molar-refractivity contribution in [2.24, 2.45) is 7.05 Å². The lowest BCUT2D eigenvalue weighted by atomic mass is 10.3. The number of rotatable bonds is 5. The van der Waals surface area contributed by atoms with Crippen LogP contribution in [-0.2, 0) is 27.9 Å². The van der Waals surface area contributed by atoms with Gasteiger partial charge < -0.3 is 15.1 Å². The molecule has 0 amide bonds. The molecular weight excluding hydrogens is 433 g/mol. The predicted octanol–water partition coefficient (Wildman–Crippen LogP) is -0.229. The fraction of sp³-hybridized carbons (Fsp3) is 0.579. The van der Waals surface area contributed by atoms with Gasteiger partial charge in [-0.3, -0.25) is 19.1 Å². The van der Waals surface area contributed by atoms with Crippen LogP contribution in [0, 0.1) is 11.8 Å². The molecule has 1 aromatic heterocycles. The molecule has 0 radical (unpaired) electrons. The largest absolute Gasteiger partial charge is 0.493 e. The number of hydroxylamine groups is 1. The van der Waals surface area contributed by atoms with E-state index in [0.717, 1.165) is 4.57 Å². The summed E-state index contributed by atoms with van der Waals surface area (Å²) < 4.78 is 40.3. The van der Waals surface area contributed by atoms with Gasteiger partial charge in [-0.1, -0.05) is 5.92 Å². The van der Waals surface area contributed by atoms with E-state index in [4.69, 9.17) is 4.84 Å². The van der Waals surface area contributed by atoms with Crippen LogP contribution < -0.4 is 20.8 Å². The Morgan fingerprint density at radius 2 is 1.94 bits per heavy atom. The highest BCUT2D eigenvalue weighted by Gasteiger charge is 2.50. The third kappa shape index (κ3) is 4.56. The highest BCUT2D eigenvalue weighted by molar-refractivity contribution is 5.81. The van der Waals surface area contributed by atoms with Gasteiger partial charge >= 0.3 is 12.1 Å². The maximum Gasteiger partial charge on any atom is 0.493 e. The third-order valence-electron chi connectivity index (χ3n) is 5.05. The standard InChI is InChI=1S/C19H23F3N6O4/c1-4-5-8-27-14-15(24-13(11-12(2)29)25(3)16(14)30)28(32-17(31)19(20,21)22)18(27)26-9-6-23-7-10-26/h18,23H,6-11H2,1-3H3. The molecule has 3 rings (SSSR count). The molecule has 2 aliphatic heterocycles. The number of carbonyl (C=O) groups excluding carboxylic acids is 2. The maximum atomic E-state index is 13.2. The summed E-state index contributed by atoms with van der Waals surface area (Å²) in [6, 6.07) is 0. The molecule has 0 aliphatic carbocycles. The zero-order valence-electron chi connectivity index (χ0n) is 17.8. The van der Waals surface area contributed by atoms with Gasteiger partial charge in [0.25, 0.3) is 5.56 Å². The third-order valence-corrected chi connectivity index (χ3v) is 5.05. The van der Waals surface area contributed by atoms with Crippen molar-refractivity contribution in [1.29, 1.82) is 0 Å². The molecule has 1 aromatic rings. The monoisotopic (exact) mass is 456 g/mol. The van der Waals surface area contributed by atoms with E-state index in [1.165, 1.54) is 18.9 Å². The van der Waals surface area contributed by atoms with Crippen molar-refractivity contribution in [3.8, 4) is 11.8 Å². The van der Waals surface area contributed by atoms with Crippen LogP contribution in [0.2, 0.25) is 0 Å². The first kappa shape index (κ1) is 23.6. The first-order chi connectivity index (χ1) is 15.1. The number of nitrogens with zero attached hydrogens (tertiary/aromatic N) is 5. The van der Waals surface area contributed by atoms with Crippen LogP contribution in [0.1, 0.15) is 19.7 Å². The summed E-state index contributed by atoms with van der Waals surface area (Å²) in [6.07, 6.45) is -6.54. The number of aromatic nitrogens is 2. The number of halogens is 3. The molecule has 1 saturated heterocycles. The quantitative estimate of drug-likeness (QED) is 0.603. The highest BCUT2D eigenvalue weighted by atomic mass is 19.4. The summed E-state index contributed by atoms with van der Waals surface area (Å²) in [5.74, 6) is 2.55. The lowest BCUT2D eigenvalue weighted by Gasteiger charge is -2.40. The van der Waals surface area contributed by atoms with Gasteiger partial charge in [-0.15, -0.1) is 11.0 Å². The molecule has 0 saturated carbocycles. The zero-order chi connectivity index (χ0) is 23.6. The second-order valence-corrected chi connectivity index (χ2v) is 7.33. The van der Waals surface area contributed by atoms with Crippen molar-refractivity contribution in [2.45, 2.75) is 32.7 Å². The van der Waals surface area contributed by atoms with Gasteiger partial charge in [0.1, 0.15) is 11.6 Å². The Bertz CT molecular complexity index is 1020. The summed E-state index contributed by atoms with van der Waals surface area (Å²) in [7, 11) is 1.42. The number of piperazine rings is 1. The van der Waals surface area contributed by atoms with E-state index in [9.17, 15) is 27.6 Å². The topological polar surface area (TPSA) is 100 Å². The molecule has 1 fully saturated rings. The molecule has 32 heavy (non-hydrogen) atoms. The van der Waals surface area contributed by atoms with Gasteiger partial charge in [0, 0.05) is 33.2 Å². The number of carbonyl (C=O) groups is 2. The van der Waals surface area contributed by atoms with Crippen molar-refractivity contribution in [2.75, 3.05) is 42.7 Å². The van der Waals surface area contributed by atoms with Crippen LogP contribution in [0.25, 0.3) is 0 Å². The van der Waals surface area contributed by atoms with Crippen LogP contribution in [0.15, 0.2) is 4.79 Å². The van der Waals surface area contributed by atoms with Crippen molar-refractivity contribution < 1.29 is 27.6 Å². The van der Waals surface area contributed by atoms with Crippen LogP contribution in [-0.4, -0.2) is 71.4 Å². The van der Waals surface area contributed by atoms with E-state index < -0.39 is 24.0 Å². The SMILES string of the molecule is CC#CCN1c2c(nc(CC(C)=O)n(C)c2=O)N(OC(=O)C(F)(F)F)C1N1CCNCC1.